The number of ether oxygens (including phenoxy) is 1. The quantitative estimate of drug-likeness (QED) is 0.416. The molecule has 0 saturated heterocycles. The van der Waals surface area contributed by atoms with Gasteiger partial charge >= 0.3 is 11.7 Å². The van der Waals surface area contributed by atoms with Gasteiger partial charge in [-0.25, -0.2) is 13.2 Å². The Morgan fingerprint density at radius 2 is 1.50 bits per heavy atom. The Bertz CT molecular complexity index is 1350. The summed E-state index contributed by atoms with van der Waals surface area (Å²) in [5.41, 5.74) is 1.18. The minimum Gasteiger partial charge on any atom is -0.452 e. The van der Waals surface area contributed by atoms with Gasteiger partial charge in [0.2, 0.25) is 9.84 Å². The van der Waals surface area contributed by atoms with E-state index in [2.05, 4.69) is 10.6 Å². The standard InChI is InChI=1S/C25H22F2N2O6S/c1-16(17-7-3-2-4-8-17)28-23(31)20-9-5-6-10-21(20)29-22(30)15-35-24(32)18-11-13-19(14-12-18)36(33,34)25(26)27/h2-14,16,25H,15H2,1H3,(H,28,31)(H,29,30)/t16-/m0/s1. The smallest absolute Gasteiger partial charge is 0.341 e. The predicted octanol–water partition coefficient (Wildman–Crippen LogP) is 3.97. The van der Waals surface area contributed by atoms with Gasteiger partial charge in [0.1, 0.15) is 0 Å². The fourth-order valence-corrected chi connectivity index (χ4v) is 3.90. The number of halogens is 2. The zero-order valence-corrected chi connectivity index (χ0v) is 19.8. The third-order valence-electron chi connectivity index (χ3n) is 5.08. The molecular formula is C25H22F2N2O6S. The molecule has 188 valence electrons. The van der Waals surface area contributed by atoms with Gasteiger partial charge in [0.15, 0.2) is 6.61 Å². The summed E-state index contributed by atoms with van der Waals surface area (Å²) in [6, 6.07) is 19.0. The normalized spacial score (nSPS) is 12.0. The number of hydrogen-bond donors (Lipinski definition) is 2. The highest BCUT2D eigenvalue weighted by atomic mass is 32.2. The van der Waals surface area contributed by atoms with E-state index in [4.69, 9.17) is 4.74 Å². The minimum atomic E-state index is -4.80. The Morgan fingerprint density at radius 3 is 2.14 bits per heavy atom. The van der Waals surface area contributed by atoms with Crippen LogP contribution in [0.2, 0.25) is 0 Å². The van der Waals surface area contributed by atoms with Gasteiger partial charge in [-0.05, 0) is 48.9 Å². The van der Waals surface area contributed by atoms with E-state index in [-0.39, 0.29) is 22.9 Å². The van der Waals surface area contributed by atoms with Crippen LogP contribution in [-0.2, 0) is 19.4 Å². The molecule has 1 atom stereocenters. The van der Waals surface area contributed by atoms with Crippen LogP contribution in [-0.4, -0.2) is 38.6 Å². The molecule has 0 aliphatic rings. The lowest BCUT2D eigenvalue weighted by atomic mass is 10.1. The van der Waals surface area contributed by atoms with Crippen molar-refractivity contribution in [3.63, 3.8) is 0 Å². The van der Waals surface area contributed by atoms with Crippen LogP contribution in [0.1, 0.15) is 39.2 Å². The van der Waals surface area contributed by atoms with Crippen LogP contribution in [0.25, 0.3) is 0 Å². The first-order valence-electron chi connectivity index (χ1n) is 10.6. The van der Waals surface area contributed by atoms with Crippen molar-refractivity contribution in [2.75, 3.05) is 11.9 Å². The van der Waals surface area contributed by atoms with Crippen molar-refractivity contribution < 1.29 is 36.3 Å². The molecule has 3 aromatic rings. The Morgan fingerprint density at radius 1 is 0.889 bits per heavy atom. The average Bonchev–Trinajstić information content (AvgIpc) is 2.88. The Hall–Kier alpha value is -4.12. The molecule has 8 nitrogen and oxygen atoms in total. The van der Waals surface area contributed by atoms with Crippen molar-refractivity contribution >= 4 is 33.3 Å². The highest BCUT2D eigenvalue weighted by Crippen LogP contribution is 2.20. The third-order valence-corrected chi connectivity index (χ3v) is 6.48. The van der Waals surface area contributed by atoms with Crippen molar-refractivity contribution in [1.29, 1.82) is 0 Å². The molecule has 0 aliphatic heterocycles. The highest BCUT2D eigenvalue weighted by Gasteiger charge is 2.26. The minimum absolute atomic E-state index is 0.134. The summed E-state index contributed by atoms with van der Waals surface area (Å²) in [5.74, 6) is -5.70. The van der Waals surface area contributed by atoms with Gasteiger partial charge in [0, 0.05) is 0 Å². The molecule has 0 unspecified atom stereocenters. The number of amides is 2. The topological polar surface area (TPSA) is 119 Å². The SMILES string of the molecule is C[C@H](NC(=O)c1ccccc1NC(=O)COC(=O)c1ccc(S(=O)(=O)C(F)F)cc1)c1ccccc1. The van der Waals surface area contributed by atoms with E-state index in [1.807, 2.05) is 37.3 Å². The number of benzene rings is 3. The summed E-state index contributed by atoms with van der Waals surface area (Å²) in [5, 5.41) is 5.37. The molecule has 11 heteroatoms. The predicted molar refractivity (Wildman–Crippen MR) is 127 cm³/mol. The molecule has 2 N–H and O–H groups in total. The van der Waals surface area contributed by atoms with Crippen molar-refractivity contribution in [1.82, 2.24) is 5.32 Å². The summed E-state index contributed by atoms with van der Waals surface area (Å²) in [6.45, 7) is 1.12. The first-order chi connectivity index (χ1) is 17.1. The highest BCUT2D eigenvalue weighted by molar-refractivity contribution is 7.91. The third kappa shape index (κ3) is 6.51. The van der Waals surface area contributed by atoms with Crippen LogP contribution in [0.3, 0.4) is 0 Å². The van der Waals surface area contributed by atoms with Crippen LogP contribution < -0.4 is 10.6 Å². The molecule has 36 heavy (non-hydrogen) atoms. The molecule has 0 heterocycles. The molecule has 2 amide bonds. The van der Waals surface area contributed by atoms with Gasteiger partial charge in [-0.2, -0.15) is 8.78 Å². The maximum Gasteiger partial charge on any atom is 0.341 e. The van der Waals surface area contributed by atoms with Crippen molar-refractivity contribution in [3.05, 3.63) is 95.6 Å². The summed E-state index contributed by atoms with van der Waals surface area (Å²) >= 11 is 0. The van der Waals surface area contributed by atoms with Crippen molar-refractivity contribution in [2.24, 2.45) is 0 Å². The second-order valence-corrected chi connectivity index (χ2v) is 9.52. The Balaban J connectivity index is 1.60. The number of rotatable bonds is 9. The van der Waals surface area contributed by atoms with Gasteiger partial charge in [0.05, 0.1) is 27.8 Å². The van der Waals surface area contributed by atoms with E-state index in [1.165, 1.54) is 12.1 Å². The van der Waals surface area contributed by atoms with Gasteiger partial charge < -0.3 is 15.4 Å². The Kier molecular flexibility index (Phi) is 8.49. The molecule has 0 aliphatic carbocycles. The van der Waals surface area contributed by atoms with Crippen molar-refractivity contribution in [3.8, 4) is 0 Å². The van der Waals surface area contributed by atoms with Gasteiger partial charge in [-0.15, -0.1) is 0 Å². The zero-order valence-electron chi connectivity index (χ0n) is 19.0. The van der Waals surface area contributed by atoms with Gasteiger partial charge in [0.25, 0.3) is 11.8 Å². The summed E-state index contributed by atoms with van der Waals surface area (Å²) < 4.78 is 53.1. The average molecular weight is 517 g/mol. The van der Waals surface area contributed by atoms with Crippen LogP contribution in [0.5, 0.6) is 0 Å². The number of carbonyl (C=O) groups excluding carboxylic acids is 3. The van der Waals surface area contributed by atoms with Crippen LogP contribution in [0.4, 0.5) is 14.5 Å². The van der Waals surface area contributed by atoms with E-state index in [1.54, 1.807) is 12.1 Å². The number of esters is 1. The molecule has 0 radical (unpaired) electrons. The number of nitrogens with one attached hydrogen (secondary N) is 2. The molecule has 0 aromatic heterocycles. The second kappa shape index (κ2) is 11.5. The maximum absolute atomic E-state index is 12.8. The number of carbonyl (C=O) groups is 3. The summed E-state index contributed by atoms with van der Waals surface area (Å²) in [4.78, 5) is 36.6. The molecule has 3 aromatic carbocycles. The molecular weight excluding hydrogens is 494 g/mol. The number of alkyl halides is 2. The van der Waals surface area contributed by atoms with E-state index in [0.717, 1.165) is 29.8 Å². The zero-order chi connectivity index (χ0) is 26.3. The van der Waals surface area contributed by atoms with Crippen LogP contribution in [0.15, 0.2) is 83.8 Å². The maximum atomic E-state index is 12.8. The lowest BCUT2D eigenvalue weighted by Gasteiger charge is -2.16. The molecule has 0 bridgehead atoms. The van der Waals surface area contributed by atoms with Crippen molar-refractivity contribution in [2.45, 2.75) is 23.6 Å². The lowest BCUT2D eigenvalue weighted by molar-refractivity contribution is -0.119. The second-order valence-electron chi connectivity index (χ2n) is 7.61. The first-order valence-corrected chi connectivity index (χ1v) is 12.2. The number of anilines is 1. The number of sulfone groups is 1. The lowest BCUT2D eigenvalue weighted by Crippen LogP contribution is -2.28. The fraction of sp³-hybridized carbons (Fsp3) is 0.160. The molecule has 0 spiro atoms. The van der Waals surface area contributed by atoms with E-state index < -0.39 is 44.9 Å². The van der Waals surface area contributed by atoms with E-state index in [9.17, 15) is 31.6 Å². The number of hydrogen-bond acceptors (Lipinski definition) is 6. The van der Waals surface area contributed by atoms with Gasteiger partial charge in [-0.1, -0.05) is 42.5 Å². The monoisotopic (exact) mass is 516 g/mol. The van der Waals surface area contributed by atoms with E-state index in [0.29, 0.717) is 0 Å². The molecule has 3 rings (SSSR count). The largest absolute Gasteiger partial charge is 0.452 e. The number of para-hydroxylation sites is 1. The molecule has 0 fully saturated rings. The van der Waals surface area contributed by atoms with Gasteiger partial charge in [-0.3, -0.25) is 9.59 Å². The van der Waals surface area contributed by atoms with E-state index >= 15 is 0 Å². The van der Waals surface area contributed by atoms with Crippen LogP contribution >= 0.6 is 0 Å². The van der Waals surface area contributed by atoms with Crippen LogP contribution in [0, 0.1) is 0 Å². The fourth-order valence-electron chi connectivity index (χ4n) is 3.17. The molecule has 0 saturated carbocycles. The Labute approximate surface area is 206 Å². The summed E-state index contributed by atoms with van der Waals surface area (Å²) in [7, 11) is -4.80. The first kappa shape index (κ1) is 26.5. The summed E-state index contributed by atoms with van der Waals surface area (Å²) in [6.07, 6.45) is 0.